The van der Waals surface area contributed by atoms with Crippen molar-refractivity contribution < 1.29 is 4.74 Å². The number of ether oxygens (including phenoxy) is 1. The Morgan fingerprint density at radius 3 is 2.40 bits per heavy atom. The maximum atomic E-state index is 5.99. The van der Waals surface area contributed by atoms with Crippen molar-refractivity contribution in [3.05, 3.63) is 17.6 Å². The van der Waals surface area contributed by atoms with Crippen molar-refractivity contribution in [2.75, 3.05) is 12.8 Å². The van der Waals surface area contributed by atoms with Crippen LogP contribution in [0.25, 0.3) is 0 Å². The molecule has 0 amide bonds. The van der Waals surface area contributed by atoms with E-state index in [9.17, 15) is 0 Å². The van der Waals surface area contributed by atoms with Crippen molar-refractivity contribution in [2.45, 2.75) is 64.4 Å². The summed E-state index contributed by atoms with van der Waals surface area (Å²) in [4.78, 5) is 9.26. The topological polar surface area (TPSA) is 61.0 Å². The first kappa shape index (κ1) is 15.2. The molecular weight excluding hydrogens is 250 g/mol. The molecule has 0 aromatic carbocycles. The molecule has 4 nitrogen and oxygen atoms in total. The van der Waals surface area contributed by atoms with E-state index in [4.69, 9.17) is 15.5 Å². The number of rotatable bonds is 4. The summed E-state index contributed by atoms with van der Waals surface area (Å²) in [7, 11) is 1.78. The van der Waals surface area contributed by atoms with E-state index in [0.29, 0.717) is 11.7 Å². The highest BCUT2D eigenvalue weighted by Crippen LogP contribution is 2.37. The summed E-state index contributed by atoms with van der Waals surface area (Å²) in [5.74, 6) is 1.91. The van der Waals surface area contributed by atoms with Gasteiger partial charge >= 0.3 is 0 Å². The largest absolute Gasteiger partial charge is 0.384 e. The highest BCUT2D eigenvalue weighted by atomic mass is 16.5. The SMILES string of the molecule is COC1(c2nc(N)cc(CC(C)C)n2)CCCCCC1. The number of nitrogen functional groups attached to an aromatic ring is 1. The first-order valence-corrected chi connectivity index (χ1v) is 7.75. The lowest BCUT2D eigenvalue weighted by Gasteiger charge is -2.30. The summed E-state index contributed by atoms with van der Waals surface area (Å²) < 4.78 is 5.88. The van der Waals surface area contributed by atoms with Crippen LogP contribution < -0.4 is 5.73 Å². The molecule has 0 spiro atoms. The van der Waals surface area contributed by atoms with Crippen molar-refractivity contribution >= 4 is 5.82 Å². The predicted molar refractivity (Wildman–Crippen MR) is 81.4 cm³/mol. The maximum Gasteiger partial charge on any atom is 0.162 e. The van der Waals surface area contributed by atoms with Crippen molar-refractivity contribution in [3.8, 4) is 0 Å². The van der Waals surface area contributed by atoms with E-state index in [-0.39, 0.29) is 5.60 Å². The van der Waals surface area contributed by atoms with E-state index in [1.54, 1.807) is 7.11 Å². The van der Waals surface area contributed by atoms with Crippen LogP contribution in [0.5, 0.6) is 0 Å². The number of hydrogen-bond acceptors (Lipinski definition) is 4. The molecular formula is C16H27N3O. The Morgan fingerprint density at radius 1 is 1.20 bits per heavy atom. The van der Waals surface area contributed by atoms with Gasteiger partial charge in [0.15, 0.2) is 5.82 Å². The fraction of sp³-hybridized carbons (Fsp3) is 0.750. The molecule has 20 heavy (non-hydrogen) atoms. The van der Waals surface area contributed by atoms with Gasteiger partial charge in [0.1, 0.15) is 11.4 Å². The van der Waals surface area contributed by atoms with E-state index >= 15 is 0 Å². The van der Waals surface area contributed by atoms with E-state index < -0.39 is 0 Å². The molecule has 0 unspecified atom stereocenters. The zero-order valence-corrected chi connectivity index (χ0v) is 13.0. The molecule has 0 atom stereocenters. The third kappa shape index (κ3) is 3.48. The number of methoxy groups -OCH3 is 1. The molecule has 1 aromatic heterocycles. The normalized spacial score (nSPS) is 19.0. The van der Waals surface area contributed by atoms with Crippen LogP contribution in [-0.4, -0.2) is 17.1 Å². The van der Waals surface area contributed by atoms with Gasteiger partial charge in [0, 0.05) is 18.9 Å². The molecule has 2 N–H and O–H groups in total. The van der Waals surface area contributed by atoms with Gasteiger partial charge in [0.05, 0.1) is 0 Å². The zero-order valence-electron chi connectivity index (χ0n) is 13.0. The van der Waals surface area contributed by atoms with Crippen LogP contribution in [0.15, 0.2) is 6.07 Å². The van der Waals surface area contributed by atoms with Gasteiger partial charge < -0.3 is 10.5 Å². The summed E-state index contributed by atoms with van der Waals surface area (Å²) in [5, 5.41) is 0. The molecule has 1 aliphatic carbocycles. The molecule has 1 saturated carbocycles. The second-order valence-electron chi connectivity index (χ2n) is 6.32. The summed E-state index contributed by atoms with van der Waals surface area (Å²) in [6, 6.07) is 1.89. The Bertz CT molecular complexity index is 437. The number of nitrogens with zero attached hydrogens (tertiary/aromatic N) is 2. The van der Waals surface area contributed by atoms with Crippen LogP contribution >= 0.6 is 0 Å². The Balaban J connectivity index is 2.35. The van der Waals surface area contributed by atoms with Crippen LogP contribution in [0.1, 0.15) is 63.9 Å². The van der Waals surface area contributed by atoms with Gasteiger partial charge in [-0.15, -0.1) is 0 Å². The van der Waals surface area contributed by atoms with Crippen LogP contribution in [0.2, 0.25) is 0 Å². The Labute approximate surface area is 122 Å². The molecule has 112 valence electrons. The van der Waals surface area contributed by atoms with Crippen molar-refractivity contribution in [1.29, 1.82) is 0 Å². The summed E-state index contributed by atoms with van der Waals surface area (Å²) in [6.07, 6.45) is 7.80. The maximum absolute atomic E-state index is 5.99. The standard InChI is InChI=1S/C16H27N3O/c1-12(2)10-13-11-14(17)19-15(18-13)16(20-3)8-6-4-5-7-9-16/h11-12H,4-10H2,1-3H3,(H2,17,18,19). The Kier molecular flexibility index (Phi) is 4.97. The minimum atomic E-state index is -0.336. The highest BCUT2D eigenvalue weighted by Gasteiger charge is 2.36. The quantitative estimate of drug-likeness (QED) is 0.856. The van der Waals surface area contributed by atoms with Crippen LogP contribution in [0, 0.1) is 5.92 Å². The molecule has 2 rings (SSSR count). The third-order valence-corrected chi connectivity index (χ3v) is 4.13. The number of anilines is 1. The molecule has 1 aromatic rings. The lowest BCUT2D eigenvalue weighted by molar-refractivity contribution is -0.0352. The number of hydrogen-bond donors (Lipinski definition) is 1. The van der Waals surface area contributed by atoms with E-state index in [1.165, 1.54) is 25.7 Å². The first-order valence-electron chi connectivity index (χ1n) is 7.75. The highest BCUT2D eigenvalue weighted by molar-refractivity contribution is 5.31. The minimum Gasteiger partial charge on any atom is -0.384 e. The molecule has 0 bridgehead atoms. The minimum absolute atomic E-state index is 0.336. The first-order chi connectivity index (χ1) is 9.55. The van der Waals surface area contributed by atoms with Gasteiger partial charge in [-0.2, -0.15) is 0 Å². The fourth-order valence-corrected chi connectivity index (χ4v) is 3.06. The van der Waals surface area contributed by atoms with Crippen molar-refractivity contribution in [1.82, 2.24) is 9.97 Å². The van der Waals surface area contributed by atoms with Gasteiger partial charge in [-0.25, -0.2) is 9.97 Å². The average Bonchev–Trinajstić information content (AvgIpc) is 2.63. The number of aromatic nitrogens is 2. The Morgan fingerprint density at radius 2 is 1.85 bits per heavy atom. The molecule has 0 saturated heterocycles. The van der Waals surface area contributed by atoms with E-state index in [0.717, 1.165) is 30.8 Å². The monoisotopic (exact) mass is 277 g/mol. The predicted octanol–water partition coefficient (Wildman–Crippen LogP) is 3.45. The second kappa shape index (κ2) is 6.53. The second-order valence-corrected chi connectivity index (χ2v) is 6.32. The third-order valence-electron chi connectivity index (χ3n) is 4.13. The molecule has 1 fully saturated rings. The van der Waals surface area contributed by atoms with Crippen LogP contribution in [0.3, 0.4) is 0 Å². The average molecular weight is 277 g/mol. The summed E-state index contributed by atoms with van der Waals surface area (Å²) >= 11 is 0. The Hall–Kier alpha value is -1.16. The van der Waals surface area contributed by atoms with Gasteiger partial charge in [-0.05, 0) is 25.2 Å². The zero-order chi connectivity index (χ0) is 14.6. The van der Waals surface area contributed by atoms with Crippen LogP contribution in [0.4, 0.5) is 5.82 Å². The molecule has 1 heterocycles. The fourth-order valence-electron chi connectivity index (χ4n) is 3.06. The number of nitrogens with two attached hydrogens (primary N) is 1. The van der Waals surface area contributed by atoms with Gasteiger partial charge in [-0.3, -0.25) is 0 Å². The van der Waals surface area contributed by atoms with E-state index in [1.807, 2.05) is 6.07 Å². The molecule has 0 radical (unpaired) electrons. The molecule has 4 heteroatoms. The molecule has 0 aliphatic heterocycles. The summed E-state index contributed by atoms with van der Waals surface area (Å²) in [5.41, 5.74) is 6.68. The van der Waals surface area contributed by atoms with Crippen molar-refractivity contribution in [3.63, 3.8) is 0 Å². The summed E-state index contributed by atoms with van der Waals surface area (Å²) in [6.45, 7) is 4.38. The van der Waals surface area contributed by atoms with E-state index in [2.05, 4.69) is 18.8 Å². The smallest absolute Gasteiger partial charge is 0.162 e. The molecule has 1 aliphatic rings. The van der Waals surface area contributed by atoms with Gasteiger partial charge in [0.25, 0.3) is 0 Å². The van der Waals surface area contributed by atoms with Crippen molar-refractivity contribution in [2.24, 2.45) is 5.92 Å². The lowest BCUT2D eigenvalue weighted by atomic mass is 9.92. The van der Waals surface area contributed by atoms with Gasteiger partial charge in [0.2, 0.25) is 0 Å². The van der Waals surface area contributed by atoms with Crippen LogP contribution in [-0.2, 0) is 16.8 Å². The lowest BCUT2D eigenvalue weighted by Crippen LogP contribution is -2.31. The van der Waals surface area contributed by atoms with Gasteiger partial charge in [-0.1, -0.05) is 39.5 Å².